The molecule has 0 amide bonds. The van der Waals surface area contributed by atoms with Gasteiger partial charge in [0.05, 0.1) is 29.3 Å². The predicted octanol–water partition coefficient (Wildman–Crippen LogP) is 4.93. The minimum absolute atomic E-state index is 0.00558. The number of imidazole rings is 1. The zero-order chi connectivity index (χ0) is 29.8. The van der Waals surface area contributed by atoms with Crippen molar-refractivity contribution in [3.05, 3.63) is 88.3 Å². The number of aromatic nitrogens is 3. The highest BCUT2D eigenvalue weighted by atomic mass is 19.1. The van der Waals surface area contributed by atoms with Gasteiger partial charge in [0.1, 0.15) is 29.5 Å². The monoisotopic (exact) mass is 579 g/mol. The van der Waals surface area contributed by atoms with Gasteiger partial charge < -0.3 is 19.1 Å². The van der Waals surface area contributed by atoms with E-state index in [9.17, 15) is 23.1 Å². The smallest absolute Gasteiger partial charge is 0.335 e. The van der Waals surface area contributed by atoms with Crippen molar-refractivity contribution in [2.75, 3.05) is 26.3 Å². The van der Waals surface area contributed by atoms with Crippen molar-refractivity contribution in [1.29, 1.82) is 5.26 Å². The number of nitriles is 1. The van der Waals surface area contributed by atoms with Crippen LogP contribution in [0.4, 0.5) is 13.2 Å². The summed E-state index contributed by atoms with van der Waals surface area (Å²) in [5.41, 5.74) is 1.25. The molecule has 1 atom stereocenters. The van der Waals surface area contributed by atoms with Crippen LogP contribution in [0.1, 0.15) is 51.9 Å². The number of carboxylic acid groups (broad SMARTS) is 1. The second kappa shape index (κ2) is 12.6. The molecule has 0 radical (unpaired) electrons. The van der Waals surface area contributed by atoms with Crippen LogP contribution in [-0.4, -0.2) is 56.8 Å². The number of nitrogens with zero attached hydrogens (tertiary/aromatic N) is 5. The fraction of sp³-hybridized carbons (Fsp3) is 0.333. The van der Waals surface area contributed by atoms with Crippen LogP contribution in [0.3, 0.4) is 0 Å². The molecule has 12 heteroatoms. The number of halogens is 3. The largest absolute Gasteiger partial charge is 0.484 e. The molecule has 0 bridgehead atoms. The van der Waals surface area contributed by atoms with Gasteiger partial charge in [0, 0.05) is 38.4 Å². The Bertz CT molecular complexity index is 1660. The first-order valence-corrected chi connectivity index (χ1v) is 13.4. The first kappa shape index (κ1) is 29.0. The van der Waals surface area contributed by atoms with E-state index in [2.05, 4.69) is 14.9 Å². The van der Waals surface area contributed by atoms with Gasteiger partial charge in [-0.15, -0.1) is 0 Å². The first-order valence-electron chi connectivity index (χ1n) is 13.4. The van der Waals surface area contributed by atoms with E-state index in [4.69, 9.17) is 14.7 Å². The van der Waals surface area contributed by atoms with Crippen molar-refractivity contribution in [2.24, 2.45) is 7.05 Å². The summed E-state index contributed by atoms with van der Waals surface area (Å²) >= 11 is 0. The molecule has 2 aromatic heterocycles. The number of pyridine rings is 1. The number of carboxylic acids is 1. The van der Waals surface area contributed by atoms with E-state index in [1.807, 2.05) is 6.07 Å². The highest BCUT2D eigenvalue weighted by molar-refractivity contribution is 5.92. The molecule has 2 saturated heterocycles. The fourth-order valence-electron chi connectivity index (χ4n) is 4.78. The van der Waals surface area contributed by atoms with E-state index in [1.165, 1.54) is 30.7 Å². The minimum Gasteiger partial charge on any atom is -0.484 e. The summed E-state index contributed by atoms with van der Waals surface area (Å²) in [7, 11) is 1.72. The average molecular weight is 580 g/mol. The predicted molar refractivity (Wildman–Crippen MR) is 145 cm³/mol. The SMILES string of the molecule is C1COC1.Cn1c(CN2CCC(c3ccc(F)c(COc4ccc(C#N)cc4F)n3)C2)nc2c(F)cc(C(=O)O)cc21. The molecule has 4 heterocycles. The zero-order valence-corrected chi connectivity index (χ0v) is 22.8. The normalized spacial score (nSPS) is 16.4. The van der Waals surface area contributed by atoms with Gasteiger partial charge >= 0.3 is 5.97 Å². The topological polar surface area (TPSA) is 114 Å². The van der Waals surface area contributed by atoms with Gasteiger partial charge in [-0.2, -0.15) is 5.26 Å². The Hall–Kier alpha value is -4.47. The Morgan fingerprint density at radius 3 is 2.55 bits per heavy atom. The van der Waals surface area contributed by atoms with Crippen LogP contribution in [-0.2, 0) is 24.9 Å². The molecule has 6 rings (SSSR count). The van der Waals surface area contributed by atoms with Crippen molar-refractivity contribution in [3.63, 3.8) is 0 Å². The molecule has 0 aliphatic carbocycles. The Balaban J connectivity index is 0.000000813. The minimum atomic E-state index is -1.21. The number of fused-ring (bicyclic) bond motifs is 1. The maximum atomic E-state index is 14.5. The Morgan fingerprint density at radius 1 is 1.12 bits per heavy atom. The van der Waals surface area contributed by atoms with Crippen molar-refractivity contribution < 1.29 is 32.5 Å². The molecule has 9 nitrogen and oxygen atoms in total. The van der Waals surface area contributed by atoms with E-state index < -0.39 is 23.4 Å². The molecule has 0 saturated carbocycles. The Labute approximate surface area is 239 Å². The van der Waals surface area contributed by atoms with Crippen LogP contribution < -0.4 is 4.74 Å². The standard InChI is InChI=1S/C27H22F3N5O3.C3H6O/c1-34-23-10-17(27(36)37)9-20(30)26(23)33-25(34)13-35-7-6-16(12-35)21-4-3-18(28)22(32-21)14-38-24-5-2-15(11-31)8-19(24)29;1-2-4-3-1/h2-5,8-10,16H,6-7,12-14H2,1H3,(H,36,37);1-3H2. The first-order chi connectivity index (χ1) is 20.2. The van der Waals surface area contributed by atoms with E-state index in [1.54, 1.807) is 17.7 Å². The lowest BCUT2D eigenvalue weighted by atomic mass is 10.0. The van der Waals surface area contributed by atoms with Gasteiger partial charge in [-0.05, 0) is 61.9 Å². The molecule has 4 aromatic rings. The summed E-state index contributed by atoms with van der Waals surface area (Å²) in [6.45, 7) is 3.45. The molecule has 1 N–H and O–H groups in total. The van der Waals surface area contributed by atoms with Crippen molar-refractivity contribution >= 4 is 17.0 Å². The zero-order valence-electron chi connectivity index (χ0n) is 22.8. The third-order valence-electron chi connectivity index (χ3n) is 7.28. The maximum Gasteiger partial charge on any atom is 0.335 e. The highest BCUT2D eigenvalue weighted by Gasteiger charge is 2.27. The van der Waals surface area contributed by atoms with Crippen LogP contribution in [0.2, 0.25) is 0 Å². The number of likely N-dealkylation sites (tertiary alicyclic amines) is 1. The maximum absolute atomic E-state index is 14.5. The van der Waals surface area contributed by atoms with Crippen LogP contribution in [0.15, 0.2) is 42.5 Å². The van der Waals surface area contributed by atoms with Gasteiger partial charge in [0.15, 0.2) is 17.4 Å². The molecule has 2 aliphatic heterocycles. The molecule has 218 valence electrons. The summed E-state index contributed by atoms with van der Waals surface area (Å²) in [4.78, 5) is 22.2. The summed E-state index contributed by atoms with van der Waals surface area (Å²) < 4.78 is 54.8. The fourth-order valence-corrected chi connectivity index (χ4v) is 4.78. The van der Waals surface area contributed by atoms with Gasteiger partial charge in [-0.1, -0.05) is 0 Å². The lowest BCUT2D eigenvalue weighted by Crippen LogP contribution is -2.22. The molecule has 42 heavy (non-hydrogen) atoms. The van der Waals surface area contributed by atoms with E-state index in [0.29, 0.717) is 36.7 Å². The summed E-state index contributed by atoms with van der Waals surface area (Å²) in [6, 6.07) is 10.9. The van der Waals surface area contributed by atoms with E-state index in [-0.39, 0.29) is 40.6 Å². The summed E-state index contributed by atoms with van der Waals surface area (Å²) in [5, 5.41) is 18.1. The van der Waals surface area contributed by atoms with Gasteiger partial charge in [-0.3, -0.25) is 9.88 Å². The molecule has 2 aromatic carbocycles. The van der Waals surface area contributed by atoms with Gasteiger partial charge in [-0.25, -0.2) is 22.9 Å². The van der Waals surface area contributed by atoms with Crippen LogP contribution in [0.25, 0.3) is 11.0 Å². The summed E-state index contributed by atoms with van der Waals surface area (Å²) in [6.07, 6.45) is 2.03. The lowest BCUT2D eigenvalue weighted by Gasteiger charge is -2.16. The van der Waals surface area contributed by atoms with E-state index >= 15 is 0 Å². The van der Waals surface area contributed by atoms with Gasteiger partial charge in [0.25, 0.3) is 0 Å². The number of aryl methyl sites for hydroxylation is 1. The van der Waals surface area contributed by atoms with Gasteiger partial charge in [0.2, 0.25) is 0 Å². The third kappa shape index (κ3) is 6.37. The second-order valence-corrected chi connectivity index (χ2v) is 10.1. The average Bonchev–Trinajstić information content (AvgIpc) is 3.53. The van der Waals surface area contributed by atoms with Crippen LogP contribution in [0, 0.1) is 28.8 Å². The number of benzene rings is 2. The van der Waals surface area contributed by atoms with Crippen LogP contribution >= 0.6 is 0 Å². The molecule has 1 unspecified atom stereocenters. The van der Waals surface area contributed by atoms with Crippen molar-refractivity contribution in [3.8, 4) is 11.8 Å². The Kier molecular flexibility index (Phi) is 8.70. The number of hydrogen-bond acceptors (Lipinski definition) is 7. The lowest BCUT2D eigenvalue weighted by molar-refractivity contribution is 0.0367. The summed E-state index contributed by atoms with van der Waals surface area (Å²) in [5.74, 6) is -2.69. The molecule has 2 fully saturated rings. The number of carbonyl (C=O) groups is 1. The molecule has 0 spiro atoms. The number of hydrogen-bond donors (Lipinski definition) is 1. The third-order valence-corrected chi connectivity index (χ3v) is 7.28. The van der Waals surface area contributed by atoms with Crippen LogP contribution in [0.5, 0.6) is 5.75 Å². The molecular formula is C30H28F3N5O4. The second-order valence-electron chi connectivity index (χ2n) is 10.1. The van der Waals surface area contributed by atoms with Crippen molar-refractivity contribution in [1.82, 2.24) is 19.4 Å². The molecular weight excluding hydrogens is 551 g/mol. The van der Waals surface area contributed by atoms with Crippen molar-refractivity contribution in [2.45, 2.75) is 31.9 Å². The highest BCUT2D eigenvalue weighted by Crippen LogP contribution is 2.29. The number of ether oxygens (including phenoxy) is 2. The van der Waals surface area contributed by atoms with E-state index in [0.717, 1.165) is 31.8 Å². The molecule has 2 aliphatic rings. The number of rotatable bonds is 7. The Morgan fingerprint density at radius 2 is 1.88 bits per heavy atom. The quantitative estimate of drug-likeness (QED) is 0.328. The number of aromatic carboxylic acids is 1.